The Labute approximate surface area is 275 Å². The fourth-order valence-electron chi connectivity index (χ4n) is 5.21. The zero-order valence-electron chi connectivity index (χ0n) is 25.8. The molecule has 0 amide bonds. The van der Waals surface area contributed by atoms with Crippen LogP contribution in [0.15, 0.2) is 53.5 Å². The molecule has 3 heterocycles. The Kier molecular flexibility index (Phi) is 10.7. The van der Waals surface area contributed by atoms with Crippen molar-refractivity contribution in [1.82, 2.24) is 29.6 Å². The maximum atomic E-state index is 12.0. The number of halogens is 1. The minimum atomic E-state index is -1.01. The summed E-state index contributed by atoms with van der Waals surface area (Å²) in [5.41, 5.74) is 5.74. The number of piperazine rings is 1. The van der Waals surface area contributed by atoms with Crippen molar-refractivity contribution >= 4 is 92.2 Å². The van der Waals surface area contributed by atoms with Crippen molar-refractivity contribution in [1.29, 1.82) is 5.41 Å². The van der Waals surface area contributed by atoms with Crippen LogP contribution in [0.25, 0.3) is 16.6 Å². The van der Waals surface area contributed by atoms with Gasteiger partial charge in [-0.05, 0) is 47.5 Å². The van der Waals surface area contributed by atoms with Crippen LogP contribution in [0.4, 0.5) is 28.8 Å². The predicted octanol–water partition coefficient (Wildman–Crippen LogP) is 4.67. The number of benzene rings is 2. The summed E-state index contributed by atoms with van der Waals surface area (Å²) >= 11 is 2.59. The number of nitrogens with one attached hydrogen (secondary N) is 4. The predicted molar refractivity (Wildman–Crippen MR) is 191 cm³/mol. The number of aromatic nitrogens is 4. The first-order valence-corrected chi connectivity index (χ1v) is 18.7. The molecule has 1 unspecified atom stereocenters. The van der Waals surface area contributed by atoms with Gasteiger partial charge >= 0.3 is 0 Å². The molecule has 5 rings (SSSR count). The molecule has 0 radical (unpaired) electrons. The van der Waals surface area contributed by atoms with E-state index in [9.17, 15) is 4.55 Å². The van der Waals surface area contributed by atoms with Gasteiger partial charge in [0.15, 0.2) is 0 Å². The third-order valence-electron chi connectivity index (χ3n) is 7.33. The van der Waals surface area contributed by atoms with E-state index in [1.807, 2.05) is 28.6 Å². The molecule has 236 valence electrons. The van der Waals surface area contributed by atoms with Gasteiger partial charge in [-0.2, -0.15) is 4.98 Å². The Hall–Kier alpha value is -3.55. The average molecular weight is 712 g/mol. The molecular weight excluding hydrogens is 675 g/mol. The Morgan fingerprint density at radius 1 is 1.09 bits per heavy atom. The Morgan fingerprint density at radius 3 is 2.51 bits per heavy atom. The lowest BCUT2D eigenvalue weighted by molar-refractivity contribution is 0.387. The van der Waals surface area contributed by atoms with Crippen molar-refractivity contribution in [2.45, 2.75) is 0 Å². The van der Waals surface area contributed by atoms with E-state index in [1.54, 1.807) is 45.2 Å². The van der Waals surface area contributed by atoms with Crippen LogP contribution in [-0.2, 0) is 11.4 Å². The van der Waals surface area contributed by atoms with Crippen molar-refractivity contribution in [3.8, 4) is 5.75 Å². The second-order valence-corrected chi connectivity index (χ2v) is 14.8. The highest BCUT2D eigenvalue weighted by molar-refractivity contribution is 9.10. The number of rotatable bonds is 11. The molecule has 4 aromatic rings. The maximum Gasteiger partial charge on any atom is 0.229 e. The van der Waals surface area contributed by atoms with Crippen LogP contribution in [0, 0.1) is 5.41 Å². The SMILES string of the molecule is CN/C=C(\C=N)c1cc(Nc2ncc(Br)c(Nc3ccc4nccnc4c3P(C)C)n2)c(OC)cc1N1CCN([S+](C)[O-])CC1. The molecule has 0 bridgehead atoms. The summed E-state index contributed by atoms with van der Waals surface area (Å²) in [7, 11) is 2.91. The molecule has 2 aromatic carbocycles. The number of ether oxygens (including phenoxy) is 1. The Balaban J connectivity index is 1.50. The van der Waals surface area contributed by atoms with Crippen molar-refractivity contribution in [3.05, 3.63) is 59.1 Å². The third-order valence-corrected chi connectivity index (χ3v) is 10.4. The molecule has 1 saturated heterocycles. The molecule has 1 aliphatic heterocycles. The second kappa shape index (κ2) is 14.7. The van der Waals surface area contributed by atoms with E-state index in [1.165, 1.54) is 6.21 Å². The molecule has 1 atom stereocenters. The first-order valence-electron chi connectivity index (χ1n) is 14.2. The average Bonchev–Trinajstić information content (AvgIpc) is 3.04. The van der Waals surface area contributed by atoms with Gasteiger partial charge in [0, 0.05) is 96.4 Å². The van der Waals surface area contributed by atoms with Gasteiger partial charge in [-0.15, -0.1) is 4.31 Å². The van der Waals surface area contributed by atoms with Crippen LogP contribution >= 0.6 is 23.9 Å². The summed E-state index contributed by atoms with van der Waals surface area (Å²) in [6, 6.07) is 7.88. The summed E-state index contributed by atoms with van der Waals surface area (Å²) in [6.07, 6.45) is 9.93. The smallest absolute Gasteiger partial charge is 0.229 e. The minimum Gasteiger partial charge on any atom is -0.598 e. The summed E-state index contributed by atoms with van der Waals surface area (Å²) in [5, 5.41) is 19.1. The summed E-state index contributed by atoms with van der Waals surface area (Å²) in [6.45, 7) is 7.11. The van der Waals surface area contributed by atoms with Gasteiger partial charge in [0.05, 0.1) is 41.4 Å². The van der Waals surface area contributed by atoms with Gasteiger partial charge < -0.3 is 35.5 Å². The molecule has 0 aliphatic carbocycles. The number of allylic oxidation sites excluding steroid dienone is 1. The minimum absolute atomic E-state index is 0.364. The highest BCUT2D eigenvalue weighted by atomic mass is 79.9. The molecule has 0 spiro atoms. The number of hydrogen-bond donors (Lipinski definition) is 4. The number of fused-ring (bicyclic) bond motifs is 1. The first kappa shape index (κ1) is 32.8. The molecule has 1 aliphatic rings. The first-order chi connectivity index (χ1) is 21.7. The van der Waals surface area contributed by atoms with Crippen LogP contribution in [-0.4, -0.2) is 94.9 Å². The zero-order chi connectivity index (χ0) is 32.1. The van der Waals surface area contributed by atoms with Crippen LogP contribution in [0.1, 0.15) is 5.56 Å². The summed E-state index contributed by atoms with van der Waals surface area (Å²) in [4.78, 5) is 20.7. The van der Waals surface area contributed by atoms with Crippen LogP contribution < -0.4 is 30.9 Å². The van der Waals surface area contributed by atoms with E-state index in [0.29, 0.717) is 59.4 Å². The van der Waals surface area contributed by atoms with E-state index in [2.05, 4.69) is 65.1 Å². The lowest BCUT2D eigenvalue weighted by Crippen LogP contribution is -2.48. The van der Waals surface area contributed by atoms with E-state index in [0.717, 1.165) is 33.3 Å². The van der Waals surface area contributed by atoms with Gasteiger partial charge in [0.2, 0.25) is 5.95 Å². The molecule has 4 N–H and O–H groups in total. The van der Waals surface area contributed by atoms with E-state index in [4.69, 9.17) is 15.1 Å². The maximum absolute atomic E-state index is 12.0. The van der Waals surface area contributed by atoms with Crippen molar-refractivity contribution in [2.75, 3.05) is 75.5 Å². The lowest BCUT2D eigenvalue weighted by atomic mass is 10.0. The lowest BCUT2D eigenvalue weighted by Gasteiger charge is -2.36. The highest BCUT2D eigenvalue weighted by Gasteiger charge is 2.26. The third kappa shape index (κ3) is 7.31. The Morgan fingerprint density at radius 2 is 1.84 bits per heavy atom. The molecule has 2 aromatic heterocycles. The standard InChI is InChI=1S/C30H36BrN10O2PS/c1-33-17-19(16-32)20-14-24(26(43-2)15-25(20)40-10-12-41(13-11-40)45(5)42)38-30-36-18-21(31)29(39-30)37-23-7-6-22-27(28(23)44(3)4)35-9-8-34-22/h6-9,14-18,32-33H,10-13H2,1-5H3,(H2,36,37,38,39)/b19-17+,32-16?. The summed E-state index contributed by atoms with van der Waals surface area (Å²) < 4.78 is 20.5. The van der Waals surface area contributed by atoms with Gasteiger partial charge in [-0.25, -0.2) is 4.98 Å². The molecule has 15 heteroatoms. The van der Waals surface area contributed by atoms with E-state index >= 15 is 0 Å². The summed E-state index contributed by atoms with van der Waals surface area (Å²) in [5.74, 6) is 1.55. The van der Waals surface area contributed by atoms with Crippen molar-refractivity contribution in [2.24, 2.45) is 0 Å². The molecule has 12 nitrogen and oxygen atoms in total. The number of nitrogens with zero attached hydrogens (tertiary/aromatic N) is 6. The largest absolute Gasteiger partial charge is 0.598 e. The fraction of sp³-hybridized carbons (Fsp3) is 0.300. The van der Waals surface area contributed by atoms with E-state index in [-0.39, 0.29) is 0 Å². The number of anilines is 5. The van der Waals surface area contributed by atoms with Crippen molar-refractivity contribution in [3.63, 3.8) is 0 Å². The normalized spacial score (nSPS) is 14.8. The molecule has 0 saturated carbocycles. The van der Waals surface area contributed by atoms with Gasteiger partial charge in [0.25, 0.3) is 0 Å². The Bertz CT molecular complexity index is 1720. The van der Waals surface area contributed by atoms with Gasteiger partial charge in [0.1, 0.15) is 17.8 Å². The second-order valence-electron chi connectivity index (χ2n) is 10.4. The highest BCUT2D eigenvalue weighted by Crippen LogP contribution is 2.39. The molecule has 1 fully saturated rings. The van der Waals surface area contributed by atoms with Gasteiger partial charge in [-0.3, -0.25) is 9.97 Å². The number of methoxy groups -OCH3 is 1. The number of hydrogen-bond acceptors (Lipinski definition) is 12. The molecular formula is C30H36BrN10O2PS. The van der Waals surface area contributed by atoms with E-state index < -0.39 is 19.3 Å². The topological polar surface area (TPSA) is 150 Å². The fourth-order valence-corrected chi connectivity index (χ4v) is 7.38. The molecule has 45 heavy (non-hydrogen) atoms. The van der Waals surface area contributed by atoms with Crippen LogP contribution in [0.5, 0.6) is 5.75 Å². The van der Waals surface area contributed by atoms with Crippen LogP contribution in [0.3, 0.4) is 0 Å². The quantitative estimate of drug-likeness (QED) is 0.0977. The monoisotopic (exact) mass is 710 g/mol. The van der Waals surface area contributed by atoms with Gasteiger partial charge in [-0.1, -0.05) is 7.92 Å². The van der Waals surface area contributed by atoms with Crippen LogP contribution in [0.2, 0.25) is 0 Å². The zero-order valence-corrected chi connectivity index (χ0v) is 29.1. The van der Waals surface area contributed by atoms with Crippen molar-refractivity contribution < 1.29 is 9.29 Å².